The Kier molecular flexibility index (Phi) is 11.2. The van der Waals surface area contributed by atoms with Crippen molar-refractivity contribution in [2.75, 3.05) is 75.2 Å². The first-order valence-electron chi connectivity index (χ1n) is 15.4. The molecule has 0 radical (unpaired) electrons. The van der Waals surface area contributed by atoms with Gasteiger partial charge in [0, 0.05) is 44.1 Å². The summed E-state index contributed by atoms with van der Waals surface area (Å²) >= 11 is 12.3. The van der Waals surface area contributed by atoms with Crippen LogP contribution in [0.3, 0.4) is 0 Å². The van der Waals surface area contributed by atoms with Crippen LogP contribution in [-0.2, 0) is 9.59 Å². The molecule has 12 heteroatoms. The number of benzene rings is 3. The van der Waals surface area contributed by atoms with E-state index in [1.165, 1.54) is 17.7 Å². The first kappa shape index (κ1) is 33.3. The van der Waals surface area contributed by atoms with Crippen LogP contribution in [0.5, 0.6) is 17.2 Å². The van der Waals surface area contributed by atoms with Crippen molar-refractivity contribution in [2.24, 2.45) is 0 Å². The standard InChI is InChI=1S/C34H40ClN5O5S/c1-4-45-28-11-6-24(7-12-28)36-32(41)23-30-33(42)40(26-10-15-31(44-3)29(35)22-26)34(46)39(30)17-5-16-37-18-20-38(21-19-37)25-8-13-27(43-2)14-9-25/h6-15,22,30H,4-5,16-21,23H2,1-3H3,(H,36,41)/t30-/m1/s1. The van der Waals surface area contributed by atoms with Crippen LogP contribution in [0.2, 0.25) is 5.02 Å². The normalized spacial score (nSPS) is 17.0. The second kappa shape index (κ2) is 15.5. The van der Waals surface area contributed by atoms with E-state index < -0.39 is 6.04 Å². The number of anilines is 3. The Morgan fingerprint density at radius 1 is 0.913 bits per heavy atom. The number of carbonyl (C=O) groups excluding carboxylic acids is 2. The maximum Gasteiger partial charge on any atom is 0.256 e. The number of nitrogens with one attached hydrogen (secondary N) is 1. The lowest BCUT2D eigenvalue weighted by atomic mass is 10.1. The Morgan fingerprint density at radius 3 is 2.22 bits per heavy atom. The monoisotopic (exact) mass is 665 g/mol. The van der Waals surface area contributed by atoms with Crippen LogP contribution in [0.25, 0.3) is 0 Å². The molecule has 5 rings (SSSR count). The van der Waals surface area contributed by atoms with Gasteiger partial charge in [-0.2, -0.15) is 0 Å². The third-order valence-corrected chi connectivity index (χ3v) is 8.94. The summed E-state index contributed by atoms with van der Waals surface area (Å²) in [4.78, 5) is 35.3. The maximum atomic E-state index is 13.9. The lowest BCUT2D eigenvalue weighted by Crippen LogP contribution is -2.47. The van der Waals surface area contributed by atoms with Gasteiger partial charge >= 0.3 is 0 Å². The summed E-state index contributed by atoms with van der Waals surface area (Å²) in [6, 6.07) is 19.7. The number of amides is 2. The van der Waals surface area contributed by atoms with E-state index in [2.05, 4.69) is 27.2 Å². The van der Waals surface area contributed by atoms with E-state index in [-0.39, 0.29) is 18.2 Å². The topological polar surface area (TPSA) is 86.8 Å². The number of nitrogens with zero attached hydrogens (tertiary/aromatic N) is 4. The zero-order valence-corrected chi connectivity index (χ0v) is 28.0. The molecular formula is C34H40ClN5O5S. The summed E-state index contributed by atoms with van der Waals surface area (Å²) < 4.78 is 16.1. The van der Waals surface area contributed by atoms with Gasteiger partial charge in [0.1, 0.15) is 23.3 Å². The minimum absolute atomic E-state index is 0.0485. The molecule has 1 N–H and O–H groups in total. The Labute approximate surface area is 280 Å². The molecule has 0 saturated carbocycles. The summed E-state index contributed by atoms with van der Waals surface area (Å²) in [6.07, 6.45) is 0.733. The average molecular weight is 666 g/mol. The molecule has 3 aromatic carbocycles. The van der Waals surface area contributed by atoms with Gasteiger partial charge < -0.3 is 29.3 Å². The number of piperazine rings is 1. The highest BCUT2D eigenvalue weighted by atomic mass is 35.5. The van der Waals surface area contributed by atoms with E-state index in [0.717, 1.165) is 50.6 Å². The average Bonchev–Trinajstić information content (AvgIpc) is 3.30. The van der Waals surface area contributed by atoms with Crippen LogP contribution in [0.1, 0.15) is 19.8 Å². The third-order valence-electron chi connectivity index (χ3n) is 8.22. The van der Waals surface area contributed by atoms with Crippen LogP contribution in [0.4, 0.5) is 17.1 Å². The van der Waals surface area contributed by atoms with Crippen LogP contribution in [-0.4, -0.2) is 92.9 Å². The van der Waals surface area contributed by atoms with Crippen molar-refractivity contribution in [3.05, 3.63) is 71.8 Å². The molecular weight excluding hydrogens is 626 g/mol. The summed E-state index contributed by atoms with van der Waals surface area (Å²) in [5.74, 6) is 1.53. The van der Waals surface area contributed by atoms with Gasteiger partial charge in [-0.3, -0.25) is 19.4 Å². The van der Waals surface area contributed by atoms with E-state index in [0.29, 0.717) is 40.4 Å². The minimum atomic E-state index is -0.747. The van der Waals surface area contributed by atoms with E-state index in [1.807, 2.05) is 24.0 Å². The minimum Gasteiger partial charge on any atom is -0.497 e. The Hall–Kier alpha value is -4.06. The van der Waals surface area contributed by atoms with Gasteiger partial charge in [-0.25, -0.2) is 0 Å². The zero-order valence-electron chi connectivity index (χ0n) is 26.4. The molecule has 244 valence electrons. The summed E-state index contributed by atoms with van der Waals surface area (Å²) in [5.41, 5.74) is 2.35. The van der Waals surface area contributed by atoms with Gasteiger partial charge in [-0.15, -0.1) is 0 Å². The number of halogens is 1. The Bertz CT molecular complexity index is 1520. The Morgan fingerprint density at radius 2 is 1.59 bits per heavy atom. The number of hydrogen-bond acceptors (Lipinski definition) is 8. The summed E-state index contributed by atoms with van der Waals surface area (Å²) in [7, 11) is 3.21. The molecule has 2 aliphatic heterocycles. The van der Waals surface area contributed by atoms with Crippen molar-refractivity contribution in [1.82, 2.24) is 9.80 Å². The van der Waals surface area contributed by atoms with Gasteiger partial charge in [0.05, 0.1) is 38.0 Å². The van der Waals surface area contributed by atoms with E-state index in [1.54, 1.807) is 49.6 Å². The molecule has 3 aromatic rings. The van der Waals surface area contributed by atoms with Crippen LogP contribution in [0.15, 0.2) is 66.7 Å². The van der Waals surface area contributed by atoms with Crippen LogP contribution < -0.4 is 29.3 Å². The van der Waals surface area contributed by atoms with E-state index >= 15 is 0 Å². The third kappa shape index (κ3) is 7.83. The largest absolute Gasteiger partial charge is 0.497 e. The number of methoxy groups -OCH3 is 2. The molecule has 0 bridgehead atoms. The second-order valence-corrected chi connectivity index (χ2v) is 11.8. The number of rotatable bonds is 13. The van der Waals surface area contributed by atoms with Crippen LogP contribution in [0, 0.1) is 0 Å². The SMILES string of the molecule is CCOc1ccc(NC(=O)C[C@@H]2C(=O)N(c3ccc(OC)c(Cl)c3)C(=S)N2CCCN2CCN(c3ccc(OC)cc3)CC2)cc1. The van der Waals surface area contributed by atoms with Gasteiger partial charge in [0.15, 0.2) is 5.11 Å². The fourth-order valence-electron chi connectivity index (χ4n) is 5.80. The smallest absolute Gasteiger partial charge is 0.256 e. The van der Waals surface area contributed by atoms with Gasteiger partial charge in [0.25, 0.3) is 5.91 Å². The summed E-state index contributed by atoms with van der Waals surface area (Å²) in [6.45, 7) is 7.56. The lowest BCUT2D eigenvalue weighted by Gasteiger charge is -2.36. The first-order valence-corrected chi connectivity index (χ1v) is 16.2. The van der Waals surface area contributed by atoms with Crippen molar-refractivity contribution >= 4 is 57.8 Å². The molecule has 2 heterocycles. The number of ether oxygens (including phenoxy) is 3. The van der Waals surface area contributed by atoms with Gasteiger partial charge in [0.2, 0.25) is 5.91 Å². The zero-order chi connectivity index (χ0) is 32.6. The maximum absolute atomic E-state index is 13.9. The number of thiocarbonyl (C=S) groups is 1. The fourth-order valence-corrected chi connectivity index (χ4v) is 6.46. The molecule has 0 aromatic heterocycles. The molecule has 0 unspecified atom stereocenters. The highest BCUT2D eigenvalue weighted by Crippen LogP contribution is 2.33. The molecule has 1 atom stereocenters. The predicted molar refractivity (Wildman–Crippen MR) is 186 cm³/mol. The molecule has 2 aliphatic rings. The molecule has 46 heavy (non-hydrogen) atoms. The Balaban J connectivity index is 1.23. The van der Waals surface area contributed by atoms with Gasteiger partial charge in [-0.1, -0.05) is 11.6 Å². The predicted octanol–water partition coefficient (Wildman–Crippen LogP) is 5.30. The first-order chi connectivity index (χ1) is 22.3. The quantitative estimate of drug-likeness (QED) is 0.245. The lowest BCUT2D eigenvalue weighted by molar-refractivity contribution is -0.124. The number of hydrogen-bond donors (Lipinski definition) is 1. The van der Waals surface area contributed by atoms with Crippen molar-refractivity contribution < 1.29 is 23.8 Å². The van der Waals surface area contributed by atoms with E-state index in [9.17, 15) is 9.59 Å². The molecule has 0 spiro atoms. The van der Waals surface area contributed by atoms with E-state index in [4.69, 9.17) is 38.0 Å². The molecule has 2 saturated heterocycles. The summed E-state index contributed by atoms with van der Waals surface area (Å²) in [5, 5.41) is 3.64. The highest BCUT2D eigenvalue weighted by Gasteiger charge is 2.44. The molecule has 2 fully saturated rings. The molecule has 2 amide bonds. The fraction of sp³-hybridized carbons (Fsp3) is 0.382. The van der Waals surface area contributed by atoms with Crippen LogP contribution >= 0.6 is 23.8 Å². The molecule has 10 nitrogen and oxygen atoms in total. The van der Waals surface area contributed by atoms with Crippen molar-refractivity contribution in [1.29, 1.82) is 0 Å². The highest BCUT2D eigenvalue weighted by molar-refractivity contribution is 7.80. The van der Waals surface area contributed by atoms with Crippen molar-refractivity contribution in [3.8, 4) is 17.2 Å². The number of carbonyl (C=O) groups is 2. The van der Waals surface area contributed by atoms with Crippen molar-refractivity contribution in [2.45, 2.75) is 25.8 Å². The second-order valence-electron chi connectivity index (χ2n) is 11.1. The van der Waals surface area contributed by atoms with Gasteiger partial charge in [-0.05, 0) is 98.8 Å². The van der Waals surface area contributed by atoms with Crippen molar-refractivity contribution in [3.63, 3.8) is 0 Å². The molecule has 0 aliphatic carbocycles.